The zero-order chi connectivity index (χ0) is 14.3. The quantitative estimate of drug-likeness (QED) is 0.765. The summed E-state index contributed by atoms with van der Waals surface area (Å²) in [5.74, 6) is 0.134. The van der Waals surface area contributed by atoms with Crippen LogP contribution in [0.5, 0.6) is 0 Å². The van der Waals surface area contributed by atoms with Gasteiger partial charge in [0.05, 0.1) is 0 Å². The van der Waals surface area contributed by atoms with Crippen molar-refractivity contribution in [3.8, 4) is 0 Å². The first-order valence-electron chi connectivity index (χ1n) is 6.90. The number of nitrogens with zero attached hydrogens (tertiary/aromatic N) is 2. The van der Waals surface area contributed by atoms with Gasteiger partial charge in [0.1, 0.15) is 0 Å². The second-order valence-electron chi connectivity index (χ2n) is 4.41. The van der Waals surface area contributed by atoms with Gasteiger partial charge in [0, 0.05) is 30.2 Å². The Labute approximate surface area is 121 Å². The standard InChI is InChI=1S/C15H23ClN2O/c1-4-15(19)18(11-10-17(5-2)6-3)14-9-7-8-13(16)12-14/h7-9,12H,4-6,10-11H2,1-3H3. The summed E-state index contributed by atoms with van der Waals surface area (Å²) >= 11 is 6.01. The second kappa shape index (κ2) is 8.18. The Morgan fingerprint density at radius 1 is 1.16 bits per heavy atom. The summed E-state index contributed by atoms with van der Waals surface area (Å²) in [6.45, 7) is 9.74. The van der Waals surface area contributed by atoms with Gasteiger partial charge in [-0.15, -0.1) is 0 Å². The molecule has 0 unspecified atom stereocenters. The van der Waals surface area contributed by atoms with Crippen LogP contribution in [0.3, 0.4) is 0 Å². The SMILES string of the molecule is CCC(=O)N(CCN(CC)CC)c1cccc(Cl)c1. The van der Waals surface area contributed by atoms with E-state index < -0.39 is 0 Å². The van der Waals surface area contributed by atoms with Crippen molar-refractivity contribution < 1.29 is 4.79 Å². The molecule has 0 spiro atoms. The number of rotatable bonds is 7. The first kappa shape index (κ1) is 16.0. The Kier molecular flexibility index (Phi) is 6.89. The highest BCUT2D eigenvalue weighted by molar-refractivity contribution is 6.30. The summed E-state index contributed by atoms with van der Waals surface area (Å²) in [7, 11) is 0. The predicted molar refractivity (Wildman–Crippen MR) is 81.9 cm³/mol. The zero-order valence-corrected chi connectivity index (χ0v) is 12.8. The number of hydrogen-bond acceptors (Lipinski definition) is 2. The fourth-order valence-corrected chi connectivity index (χ4v) is 2.20. The van der Waals surface area contributed by atoms with Gasteiger partial charge in [0.15, 0.2) is 0 Å². The number of hydrogen-bond donors (Lipinski definition) is 0. The molecule has 1 rings (SSSR count). The molecular formula is C15H23ClN2O. The minimum Gasteiger partial charge on any atom is -0.311 e. The van der Waals surface area contributed by atoms with E-state index >= 15 is 0 Å². The van der Waals surface area contributed by atoms with Gasteiger partial charge in [-0.05, 0) is 31.3 Å². The average Bonchev–Trinajstić information content (AvgIpc) is 2.43. The van der Waals surface area contributed by atoms with Gasteiger partial charge in [-0.25, -0.2) is 0 Å². The maximum Gasteiger partial charge on any atom is 0.226 e. The summed E-state index contributed by atoms with van der Waals surface area (Å²) in [4.78, 5) is 16.2. The molecule has 0 radical (unpaired) electrons. The summed E-state index contributed by atoms with van der Waals surface area (Å²) in [5, 5.41) is 0.661. The van der Waals surface area contributed by atoms with Crippen LogP contribution in [0, 0.1) is 0 Å². The fraction of sp³-hybridized carbons (Fsp3) is 0.533. The number of carbonyl (C=O) groups excluding carboxylic acids is 1. The third-order valence-corrected chi connectivity index (χ3v) is 3.49. The third kappa shape index (κ3) is 4.84. The largest absolute Gasteiger partial charge is 0.311 e. The molecular weight excluding hydrogens is 260 g/mol. The fourth-order valence-electron chi connectivity index (χ4n) is 2.01. The smallest absolute Gasteiger partial charge is 0.226 e. The van der Waals surface area contributed by atoms with Crippen LogP contribution in [-0.2, 0) is 4.79 Å². The highest BCUT2D eigenvalue weighted by atomic mass is 35.5. The molecule has 1 aromatic carbocycles. The van der Waals surface area contributed by atoms with Crippen molar-refractivity contribution in [2.45, 2.75) is 27.2 Å². The lowest BCUT2D eigenvalue weighted by Crippen LogP contribution is -2.38. The Morgan fingerprint density at radius 3 is 2.37 bits per heavy atom. The van der Waals surface area contributed by atoms with E-state index in [4.69, 9.17) is 11.6 Å². The first-order valence-corrected chi connectivity index (χ1v) is 7.28. The second-order valence-corrected chi connectivity index (χ2v) is 4.84. The lowest BCUT2D eigenvalue weighted by atomic mass is 10.2. The van der Waals surface area contributed by atoms with Crippen LogP contribution in [-0.4, -0.2) is 37.0 Å². The maximum absolute atomic E-state index is 12.1. The van der Waals surface area contributed by atoms with E-state index in [0.29, 0.717) is 18.0 Å². The molecule has 0 saturated carbocycles. The minimum atomic E-state index is 0.134. The van der Waals surface area contributed by atoms with Crippen LogP contribution in [0.25, 0.3) is 0 Å². The molecule has 0 aliphatic carbocycles. The number of halogens is 1. The summed E-state index contributed by atoms with van der Waals surface area (Å²) in [5.41, 5.74) is 0.881. The van der Waals surface area contributed by atoms with Crippen molar-refractivity contribution in [3.05, 3.63) is 29.3 Å². The van der Waals surface area contributed by atoms with Gasteiger partial charge in [0.2, 0.25) is 5.91 Å². The van der Waals surface area contributed by atoms with Crippen molar-refractivity contribution in [1.82, 2.24) is 4.90 Å². The first-order chi connectivity index (χ1) is 9.12. The Morgan fingerprint density at radius 2 is 1.84 bits per heavy atom. The molecule has 1 amide bonds. The lowest BCUT2D eigenvalue weighted by molar-refractivity contribution is -0.118. The number of amides is 1. The molecule has 0 aromatic heterocycles. The van der Waals surface area contributed by atoms with E-state index in [9.17, 15) is 4.79 Å². The molecule has 0 aliphatic heterocycles. The van der Waals surface area contributed by atoms with E-state index in [2.05, 4.69) is 18.7 Å². The van der Waals surface area contributed by atoms with Gasteiger partial charge in [-0.2, -0.15) is 0 Å². The monoisotopic (exact) mass is 282 g/mol. The Bertz CT molecular complexity index is 405. The van der Waals surface area contributed by atoms with E-state index in [1.54, 1.807) is 0 Å². The van der Waals surface area contributed by atoms with E-state index in [-0.39, 0.29) is 5.91 Å². The van der Waals surface area contributed by atoms with Crippen LogP contribution in [0.15, 0.2) is 24.3 Å². The molecule has 3 nitrogen and oxygen atoms in total. The Hall–Kier alpha value is -1.06. The maximum atomic E-state index is 12.1. The molecule has 0 heterocycles. The van der Waals surface area contributed by atoms with Crippen molar-refractivity contribution in [1.29, 1.82) is 0 Å². The number of anilines is 1. The van der Waals surface area contributed by atoms with Crippen LogP contribution in [0.1, 0.15) is 27.2 Å². The highest BCUT2D eigenvalue weighted by Crippen LogP contribution is 2.20. The predicted octanol–water partition coefficient (Wildman–Crippen LogP) is 3.42. The van der Waals surface area contributed by atoms with Gasteiger partial charge < -0.3 is 9.80 Å². The highest BCUT2D eigenvalue weighted by Gasteiger charge is 2.15. The van der Waals surface area contributed by atoms with Crippen molar-refractivity contribution in [2.24, 2.45) is 0 Å². The molecule has 0 bridgehead atoms. The van der Waals surface area contributed by atoms with Gasteiger partial charge in [0.25, 0.3) is 0 Å². The van der Waals surface area contributed by atoms with E-state index in [1.165, 1.54) is 0 Å². The van der Waals surface area contributed by atoms with Gasteiger partial charge in [-0.1, -0.05) is 38.4 Å². The average molecular weight is 283 g/mol. The van der Waals surface area contributed by atoms with Crippen LogP contribution in [0.4, 0.5) is 5.69 Å². The zero-order valence-electron chi connectivity index (χ0n) is 12.0. The molecule has 0 N–H and O–H groups in total. The third-order valence-electron chi connectivity index (χ3n) is 3.26. The molecule has 4 heteroatoms. The van der Waals surface area contributed by atoms with Crippen molar-refractivity contribution in [3.63, 3.8) is 0 Å². The van der Waals surface area contributed by atoms with Crippen molar-refractivity contribution in [2.75, 3.05) is 31.1 Å². The normalized spacial score (nSPS) is 10.8. The van der Waals surface area contributed by atoms with Crippen molar-refractivity contribution >= 4 is 23.2 Å². The van der Waals surface area contributed by atoms with E-state index in [0.717, 1.165) is 25.3 Å². The lowest BCUT2D eigenvalue weighted by Gasteiger charge is -2.26. The van der Waals surface area contributed by atoms with Crippen LogP contribution >= 0.6 is 11.6 Å². The van der Waals surface area contributed by atoms with Gasteiger partial charge in [-0.3, -0.25) is 4.79 Å². The molecule has 1 aromatic rings. The molecule has 19 heavy (non-hydrogen) atoms. The molecule has 0 saturated heterocycles. The molecule has 0 fully saturated rings. The minimum absolute atomic E-state index is 0.134. The summed E-state index contributed by atoms with van der Waals surface area (Å²) in [6.07, 6.45) is 0.505. The molecule has 106 valence electrons. The summed E-state index contributed by atoms with van der Waals surface area (Å²) in [6, 6.07) is 7.48. The number of likely N-dealkylation sites (N-methyl/N-ethyl adjacent to an activating group) is 1. The van der Waals surface area contributed by atoms with E-state index in [1.807, 2.05) is 36.1 Å². The van der Waals surface area contributed by atoms with Crippen LogP contribution < -0.4 is 4.90 Å². The van der Waals surface area contributed by atoms with Crippen LogP contribution in [0.2, 0.25) is 5.02 Å². The number of carbonyl (C=O) groups is 1. The molecule has 0 aliphatic rings. The number of benzene rings is 1. The topological polar surface area (TPSA) is 23.6 Å². The Balaban J connectivity index is 2.81. The molecule has 0 atom stereocenters. The summed E-state index contributed by atoms with van der Waals surface area (Å²) < 4.78 is 0. The van der Waals surface area contributed by atoms with Gasteiger partial charge >= 0.3 is 0 Å².